The maximum atomic E-state index is 11.7. The minimum atomic E-state index is -0.663. The highest BCUT2D eigenvalue weighted by atomic mass is 16.6. The number of rotatable bonds is 9. The van der Waals surface area contributed by atoms with Crippen LogP contribution in [-0.2, 0) is 20.9 Å². The Morgan fingerprint density at radius 3 is 2.23 bits per heavy atom. The van der Waals surface area contributed by atoms with Crippen molar-refractivity contribution in [1.29, 1.82) is 0 Å². The summed E-state index contributed by atoms with van der Waals surface area (Å²) >= 11 is 0. The molecule has 0 aliphatic carbocycles. The van der Waals surface area contributed by atoms with Gasteiger partial charge < -0.3 is 19.5 Å². The Kier molecular flexibility index (Phi) is 7.17. The molecule has 2 aromatic carbocycles. The van der Waals surface area contributed by atoms with Crippen LogP contribution in [0.25, 0.3) is 0 Å². The molecule has 1 amide bonds. The maximum Gasteiger partial charge on any atom is 0.344 e. The van der Waals surface area contributed by atoms with Gasteiger partial charge in [-0.15, -0.1) is 0 Å². The Balaban J connectivity index is 1.65. The first-order chi connectivity index (χ1) is 12.6. The molecule has 0 saturated heterocycles. The van der Waals surface area contributed by atoms with E-state index in [2.05, 4.69) is 5.32 Å². The van der Waals surface area contributed by atoms with E-state index in [0.717, 1.165) is 11.3 Å². The summed E-state index contributed by atoms with van der Waals surface area (Å²) in [5.41, 5.74) is 1.40. The van der Waals surface area contributed by atoms with Crippen LogP contribution in [0, 0.1) is 0 Å². The standard InChI is InChI=1S/C19H19NO6/c1-24-16-6-2-14(3-7-16)10-20-18(22)12-26-19(23)13-25-17-8-4-15(11-21)5-9-17/h2-9,11H,10,12-13H2,1H3,(H,20,22). The van der Waals surface area contributed by atoms with Crippen LogP contribution in [-0.4, -0.2) is 38.5 Å². The highest BCUT2D eigenvalue weighted by Crippen LogP contribution is 2.11. The van der Waals surface area contributed by atoms with E-state index in [1.54, 1.807) is 43.5 Å². The molecule has 0 aromatic heterocycles. The van der Waals surface area contributed by atoms with E-state index in [0.29, 0.717) is 24.1 Å². The predicted molar refractivity (Wildman–Crippen MR) is 93.1 cm³/mol. The van der Waals surface area contributed by atoms with Gasteiger partial charge in [0.25, 0.3) is 5.91 Å². The molecular formula is C19H19NO6. The van der Waals surface area contributed by atoms with Crippen LogP contribution in [0.15, 0.2) is 48.5 Å². The van der Waals surface area contributed by atoms with Gasteiger partial charge in [0, 0.05) is 12.1 Å². The Hall–Kier alpha value is -3.35. The second-order valence-electron chi connectivity index (χ2n) is 5.26. The third-order valence-corrected chi connectivity index (χ3v) is 3.39. The van der Waals surface area contributed by atoms with Crippen molar-refractivity contribution in [2.24, 2.45) is 0 Å². The second kappa shape index (κ2) is 9.83. The molecular weight excluding hydrogens is 338 g/mol. The monoisotopic (exact) mass is 357 g/mol. The van der Waals surface area contributed by atoms with Crippen LogP contribution in [0.5, 0.6) is 11.5 Å². The van der Waals surface area contributed by atoms with Crippen molar-refractivity contribution in [3.63, 3.8) is 0 Å². The van der Waals surface area contributed by atoms with Crippen LogP contribution in [0.2, 0.25) is 0 Å². The zero-order valence-corrected chi connectivity index (χ0v) is 14.3. The molecule has 0 unspecified atom stereocenters. The van der Waals surface area contributed by atoms with Gasteiger partial charge in [-0.3, -0.25) is 9.59 Å². The van der Waals surface area contributed by atoms with Gasteiger partial charge in [-0.2, -0.15) is 0 Å². The van der Waals surface area contributed by atoms with Gasteiger partial charge in [0.2, 0.25) is 0 Å². The average molecular weight is 357 g/mol. The van der Waals surface area contributed by atoms with E-state index >= 15 is 0 Å². The lowest BCUT2D eigenvalue weighted by Crippen LogP contribution is -2.29. The fourth-order valence-electron chi connectivity index (χ4n) is 1.97. The first-order valence-electron chi connectivity index (χ1n) is 7.84. The van der Waals surface area contributed by atoms with E-state index in [9.17, 15) is 14.4 Å². The van der Waals surface area contributed by atoms with E-state index in [-0.39, 0.29) is 13.2 Å². The topological polar surface area (TPSA) is 90.9 Å². The molecule has 7 nitrogen and oxygen atoms in total. The van der Waals surface area contributed by atoms with E-state index in [1.165, 1.54) is 0 Å². The number of carbonyl (C=O) groups excluding carboxylic acids is 3. The Morgan fingerprint density at radius 2 is 1.62 bits per heavy atom. The fourth-order valence-corrected chi connectivity index (χ4v) is 1.97. The summed E-state index contributed by atoms with van der Waals surface area (Å²) in [7, 11) is 1.58. The Morgan fingerprint density at radius 1 is 0.962 bits per heavy atom. The third-order valence-electron chi connectivity index (χ3n) is 3.39. The third kappa shape index (κ3) is 6.27. The summed E-state index contributed by atoms with van der Waals surface area (Å²) in [6, 6.07) is 13.5. The van der Waals surface area contributed by atoms with Crippen molar-refractivity contribution in [2.75, 3.05) is 20.3 Å². The lowest BCUT2D eigenvalue weighted by molar-refractivity contribution is -0.150. The van der Waals surface area contributed by atoms with Crippen molar-refractivity contribution in [2.45, 2.75) is 6.54 Å². The quantitative estimate of drug-likeness (QED) is 0.543. The van der Waals surface area contributed by atoms with Gasteiger partial charge in [-0.1, -0.05) is 12.1 Å². The zero-order valence-electron chi connectivity index (χ0n) is 14.3. The number of benzene rings is 2. The summed E-state index contributed by atoms with van der Waals surface area (Å²) in [4.78, 5) is 33.8. The number of nitrogens with one attached hydrogen (secondary N) is 1. The summed E-state index contributed by atoms with van der Waals surface area (Å²) in [6.07, 6.45) is 0.711. The summed E-state index contributed by atoms with van der Waals surface area (Å²) < 4.78 is 15.1. The molecule has 26 heavy (non-hydrogen) atoms. The summed E-state index contributed by atoms with van der Waals surface area (Å²) in [5, 5.41) is 2.65. The summed E-state index contributed by atoms with van der Waals surface area (Å²) in [6.45, 7) is -0.394. The first-order valence-corrected chi connectivity index (χ1v) is 7.84. The molecule has 0 saturated carbocycles. The number of carbonyl (C=O) groups is 3. The van der Waals surface area contributed by atoms with Crippen molar-refractivity contribution < 1.29 is 28.6 Å². The number of esters is 1. The van der Waals surface area contributed by atoms with Crippen molar-refractivity contribution in [1.82, 2.24) is 5.32 Å². The molecule has 0 atom stereocenters. The largest absolute Gasteiger partial charge is 0.497 e. The minimum Gasteiger partial charge on any atom is -0.497 e. The lowest BCUT2D eigenvalue weighted by Gasteiger charge is -2.08. The van der Waals surface area contributed by atoms with Gasteiger partial charge in [0.1, 0.15) is 17.8 Å². The molecule has 0 heterocycles. The van der Waals surface area contributed by atoms with E-state index in [4.69, 9.17) is 14.2 Å². The number of hydrogen-bond donors (Lipinski definition) is 1. The SMILES string of the molecule is COc1ccc(CNC(=O)COC(=O)COc2ccc(C=O)cc2)cc1. The Bertz CT molecular complexity index is 740. The molecule has 2 aromatic rings. The lowest BCUT2D eigenvalue weighted by atomic mass is 10.2. The van der Waals surface area contributed by atoms with Gasteiger partial charge in [-0.05, 0) is 42.0 Å². The molecule has 1 N–H and O–H groups in total. The number of methoxy groups -OCH3 is 1. The maximum absolute atomic E-state index is 11.7. The normalized spacial score (nSPS) is 9.88. The van der Waals surface area contributed by atoms with Gasteiger partial charge in [-0.25, -0.2) is 4.79 Å². The zero-order chi connectivity index (χ0) is 18.8. The van der Waals surface area contributed by atoms with Crippen molar-refractivity contribution >= 4 is 18.2 Å². The van der Waals surface area contributed by atoms with Gasteiger partial charge >= 0.3 is 5.97 Å². The highest BCUT2D eigenvalue weighted by Gasteiger charge is 2.08. The number of aldehydes is 1. The fraction of sp³-hybridized carbons (Fsp3) is 0.211. The van der Waals surface area contributed by atoms with Crippen LogP contribution in [0.3, 0.4) is 0 Å². The smallest absolute Gasteiger partial charge is 0.344 e. The van der Waals surface area contributed by atoms with Crippen molar-refractivity contribution in [3.8, 4) is 11.5 Å². The second-order valence-corrected chi connectivity index (χ2v) is 5.26. The summed E-state index contributed by atoms with van der Waals surface area (Å²) in [5.74, 6) is 0.0832. The first kappa shape index (κ1) is 19.0. The average Bonchev–Trinajstić information content (AvgIpc) is 2.69. The van der Waals surface area contributed by atoms with Crippen LogP contribution in [0.4, 0.5) is 0 Å². The van der Waals surface area contributed by atoms with Crippen LogP contribution >= 0.6 is 0 Å². The highest BCUT2D eigenvalue weighted by molar-refractivity contribution is 5.81. The molecule has 0 aliphatic rings. The molecule has 0 fully saturated rings. The van der Waals surface area contributed by atoms with E-state index < -0.39 is 11.9 Å². The number of ether oxygens (including phenoxy) is 3. The van der Waals surface area contributed by atoms with E-state index in [1.807, 2.05) is 12.1 Å². The number of amides is 1. The molecule has 0 radical (unpaired) electrons. The van der Waals surface area contributed by atoms with Crippen molar-refractivity contribution in [3.05, 3.63) is 59.7 Å². The molecule has 0 spiro atoms. The number of hydrogen-bond acceptors (Lipinski definition) is 6. The molecule has 7 heteroatoms. The Labute approximate surface area is 150 Å². The van der Waals surface area contributed by atoms with Crippen LogP contribution in [0.1, 0.15) is 15.9 Å². The minimum absolute atomic E-state index is 0.319. The molecule has 136 valence electrons. The van der Waals surface area contributed by atoms with Gasteiger partial charge in [0.05, 0.1) is 7.11 Å². The molecule has 0 aliphatic heterocycles. The van der Waals surface area contributed by atoms with Crippen LogP contribution < -0.4 is 14.8 Å². The molecule has 2 rings (SSSR count). The molecule has 0 bridgehead atoms. The predicted octanol–water partition coefficient (Wildman–Crippen LogP) is 1.75. The van der Waals surface area contributed by atoms with Gasteiger partial charge in [0.15, 0.2) is 13.2 Å².